The SMILES string of the molecule is c1ccc(N2c3ccccc3B3c4ccccc4N(c4ccccc4)c4cc(-c5ccc(-c6c7c8ccccc8n(-c8ccccc8)c7c(-c7ccc(-c8cc9c%10c(c8)N(c8ccccc8)c8ccccc8B%10c8ccccc8N9c8ccccc8)cc7)c7c8ccccc8n(-c8ccccc8)c67)cc5)cc2c43)cc1. The molecule has 0 bridgehead atoms. The summed E-state index contributed by atoms with van der Waals surface area (Å²) in [5, 5.41) is 4.73. The van der Waals surface area contributed by atoms with E-state index in [4.69, 9.17) is 0 Å². The Bertz CT molecular complexity index is 6260. The molecule has 0 unspecified atom stereocenters. The maximum Gasteiger partial charge on any atom is 0.252 e. The van der Waals surface area contributed by atoms with Crippen LogP contribution in [0.2, 0.25) is 0 Å². The molecular weight excluding hydrogens is 1330 g/mol. The van der Waals surface area contributed by atoms with Crippen molar-refractivity contribution in [1.29, 1.82) is 0 Å². The van der Waals surface area contributed by atoms with Crippen molar-refractivity contribution >= 4 is 158 Å². The molecule has 0 aliphatic carbocycles. The Morgan fingerprint density at radius 2 is 0.418 bits per heavy atom. The van der Waals surface area contributed by atoms with Crippen LogP contribution in [-0.2, 0) is 0 Å². The first-order valence-electron chi connectivity index (χ1n) is 38.1. The molecule has 0 fully saturated rings. The summed E-state index contributed by atoms with van der Waals surface area (Å²) in [4.78, 5) is 10.0. The van der Waals surface area contributed by atoms with Gasteiger partial charge < -0.3 is 28.7 Å². The summed E-state index contributed by atoms with van der Waals surface area (Å²) in [6, 6.07) is 149. The first-order valence-corrected chi connectivity index (χ1v) is 38.1. The van der Waals surface area contributed by atoms with Gasteiger partial charge >= 0.3 is 0 Å². The summed E-state index contributed by atoms with van der Waals surface area (Å²) in [7, 11) is 0. The molecule has 110 heavy (non-hydrogen) atoms. The van der Waals surface area contributed by atoms with Crippen molar-refractivity contribution < 1.29 is 0 Å². The number of fused-ring (bicyclic) bond motifs is 14. The van der Waals surface area contributed by atoms with Gasteiger partial charge in [0, 0.05) is 112 Å². The number of benzene rings is 17. The quantitative estimate of drug-likeness (QED) is 0.127. The molecule has 0 saturated carbocycles. The lowest BCUT2D eigenvalue weighted by molar-refractivity contribution is 1.18. The van der Waals surface area contributed by atoms with Crippen molar-refractivity contribution in [2.45, 2.75) is 0 Å². The molecule has 19 aromatic rings. The van der Waals surface area contributed by atoms with Crippen LogP contribution in [0.3, 0.4) is 0 Å². The molecule has 6 heterocycles. The zero-order chi connectivity index (χ0) is 72.1. The van der Waals surface area contributed by atoms with E-state index >= 15 is 0 Å². The third-order valence-electron chi connectivity index (χ3n) is 23.6. The second kappa shape index (κ2) is 24.6. The number of aromatic nitrogens is 2. The molecule has 0 atom stereocenters. The Labute approximate surface area is 638 Å². The molecule has 17 aromatic carbocycles. The Balaban J connectivity index is 0.766. The predicted molar refractivity (Wildman–Crippen MR) is 465 cm³/mol. The van der Waals surface area contributed by atoms with Crippen LogP contribution in [0.5, 0.6) is 0 Å². The van der Waals surface area contributed by atoms with Crippen LogP contribution in [0.1, 0.15) is 0 Å². The van der Waals surface area contributed by atoms with E-state index in [2.05, 4.69) is 429 Å². The Morgan fingerprint density at radius 3 is 0.709 bits per heavy atom. The van der Waals surface area contributed by atoms with Crippen molar-refractivity contribution in [3.05, 3.63) is 400 Å². The van der Waals surface area contributed by atoms with Crippen molar-refractivity contribution in [1.82, 2.24) is 9.13 Å². The van der Waals surface area contributed by atoms with E-state index in [0.29, 0.717) is 0 Å². The normalized spacial score (nSPS) is 13.0. The number of rotatable bonds is 10. The molecule has 0 amide bonds. The minimum absolute atomic E-state index is 0.00923. The van der Waals surface area contributed by atoms with Crippen molar-refractivity contribution in [2.75, 3.05) is 19.6 Å². The molecule has 4 aliphatic rings. The van der Waals surface area contributed by atoms with Gasteiger partial charge in [-0.25, -0.2) is 0 Å². The predicted octanol–water partition coefficient (Wildman–Crippen LogP) is 22.7. The van der Waals surface area contributed by atoms with Gasteiger partial charge in [0.15, 0.2) is 0 Å². The Hall–Kier alpha value is -14.3. The van der Waals surface area contributed by atoms with Gasteiger partial charge in [-0.2, -0.15) is 0 Å². The van der Waals surface area contributed by atoms with Gasteiger partial charge in [-0.1, -0.05) is 267 Å². The number of anilines is 12. The number of hydrogen-bond acceptors (Lipinski definition) is 4. The van der Waals surface area contributed by atoms with Crippen LogP contribution in [0, 0.1) is 0 Å². The molecule has 0 spiro atoms. The maximum absolute atomic E-state index is 2.55. The van der Waals surface area contributed by atoms with Gasteiger partial charge in [-0.15, -0.1) is 0 Å². The van der Waals surface area contributed by atoms with Gasteiger partial charge in [0.2, 0.25) is 0 Å². The Morgan fingerprint density at radius 1 is 0.182 bits per heavy atom. The second-order valence-electron chi connectivity index (χ2n) is 29.4. The third-order valence-corrected chi connectivity index (χ3v) is 23.6. The van der Waals surface area contributed by atoms with Gasteiger partial charge in [0.1, 0.15) is 0 Å². The fraction of sp³-hybridized carbons (Fsp3) is 0. The molecule has 23 rings (SSSR count). The molecule has 8 heteroatoms. The minimum Gasteiger partial charge on any atom is -0.311 e. The summed E-state index contributed by atoms with van der Waals surface area (Å²) >= 11 is 0. The molecule has 0 radical (unpaired) electrons. The number of hydrogen-bond donors (Lipinski definition) is 0. The maximum atomic E-state index is 2.55. The van der Waals surface area contributed by atoms with Crippen LogP contribution in [0.15, 0.2) is 400 Å². The highest BCUT2D eigenvalue weighted by Crippen LogP contribution is 2.55. The summed E-state index contributed by atoms with van der Waals surface area (Å²) in [5.74, 6) is 0. The van der Waals surface area contributed by atoms with E-state index in [-0.39, 0.29) is 13.4 Å². The van der Waals surface area contributed by atoms with Crippen molar-refractivity contribution in [2.24, 2.45) is 0 Å². The van der Waals surface area contributed by atoms with E-state index in [1.807, 2.05) is 0 Å². The van der Waals surface area contributed by atoms with E-state index in [0.717, 1.165) is 89.6 Å². The topological polar surface area (TPSA) is 22.8 Å². The number of para-hydroxylation sites is 12. The largest absolute Gasteiger partial charge is 0.311 e. The lowest BCUT2D eigenvalue weighted by Crippen LogP contribution is -2.61. The van der Waals surface area contributed by atoms with Gasteiger partial charge in [0.05, 0.1) is 22.1 Å². The molecular formula is C102H66B2N6. The summed E-state index contributed by atoms with van der Waals surface area (Å²) < 4.78 is 5.10. The van der Waals surface area contributed by atoms with Crippen LogP contribution in [0.25, 0.3) is 99.5 Å². The van der Waals surface area contributed by atoms with E-state index in [9.17, 15) is 0 Å². The van der Waals surface area contributed by atoms with Crippen molar-refractivity contribution in [3.8, 4) is 55.9 Å². The molecule has 4 aliphatic heterocycles. The highest BCUT2D eigenvalue weighted by Gasteiger charge is 2.46. The van der Waals surface area contributed by atoms with Crippen LogP contribution in [0.4, 0.5) is 68.2 Å². The zero-order valence-electron chi connectivity index (χ0n) is 59.9. The van der Waals surface area contributed by atoms with Crippen LogP contribution < -0.4 is 52.4 Å². The third kappa shape index (κ3) is 9.20. The average molecular weight is 1400 g/mol. The molecule has 0 N–H and O–H groups in total. The standard InChI is InChI=1S/C102H66B2N6/c1-7-31-73(32-8-1)105-87-51-27-21-45-81(87)103-82-46-22-28-52-88(82)106(74-33-9-2-10-34-74)92-64-71(63-91(105)99(92)103)67-55-59-69(60-56-67)95-97-79-43-19-25-49-85(79)110(78-41-17-6-18-42-78)102(97)96(98-80-44-20-26-50-86(80)109(101(95)98)77-39-15-5-16-40-77)70-61-57-68(58-62-70)72-65-93-100-94(66-72)108(76-37-13-4-14-38-76)90-54-30-24-48-84(90)104(100)83-47-23-29-53-89(83)107(93)75-35-11-3-12-36-75/h1-66H. The smallest absolute Gasteiger partial charge is 0.252 e. The van der Waals surface area contributed by atoms with Gasteiger partial charge in [-0.05, 0) is 200 Å². The lowest BCUT2D eigenvalue weighted by Gasteiger charge is -2.44. The van der Waals surface area contributed by atoms with E-state index in [1.54, 1.807) is 0 Å². The first-order chi connectivity index (χ1) is 54.7. The second-order valence-corrected chi connectivity index (χ2v) is 29.4. The fourth-order valence-corrected chi connectivity index (χ4v) is 19.2. The lowest BCUT2D eigenvalue weighted by atomic mass is 9.33. The van der Waals surface area contributed by atoms with E-state index < -0.39 is 0 Å². The molecule has 6 nitrogen and oxygen atoms in total. The zero-order valence-corrected chi connectivity index (χ0v) is 59.9. The highest BCUT2D eigenvalue weighted by atomic mass is 15.2. The fourth-order valence-electron chi connectivity index (χ4n) is 19.2. The van der Waals surface area contributed by atoms with E-state index in [1.165, 1.54) is 111 Å². The monoisotopic (exact) mass is 1400 g/mol. The van der Waals surface area contributed by atoms with Crippen molar-refractivity contribution in [3.63, 3.8) is 0 Å². The number of nitrogens with zero attached hydrogens (tertiary/aromatic N) is 6. The van der Waals surface area contributed by atoms with Gasteiger partial charge in [0.25, 0.3) is 13.4 Å². The average Bonchev–Trinajstić information content (AvgIpc) is 1.72. The summed E-state index contributed by atoms with van der Waals surface area (Å²) in [5.41, 5.74) is 37.6. The highest BCUT2D eigenvalue weighted by molar-refractivity contribution is 7.01. The first kappa shape index (κ1) is 61.9. The minimum atomic E-state index is 0.00923. The molecule has 2 aromatic heterocycles. The Kier molecular flexibility index (Phi) is 13.9. The van der Waals surface area contributed by atoms with Crippen LogP contribution in [-0.4, -0.2) is 22.6 Å². The summed E-state index contributed by atoms with van der Waals surface area (Å²) in [6.07, 6.45) is 0. The van der Waals surface area contributed by atoms with Gasteiger partial charge in [-0.3, -0.25) is 0 Å². The van der Waals surface area contributed by atoms with Crippen LogP contribution >= 0.6 is 0 Å². The summed E-state index contributed by atoms with van der Waals surface area (Å²) in [6.45, 7) is 0.0185. The molecule has 510 valence electrons. The molecule has 0 saturated heterocycles.